The Morgan fingerprint density at radius 3 is 2.96 bits per heavy atom. The van der Waals surface area contributed by atoms with Gasteiger partial charge in [0, 0.05) is 36.0 Å². The van der Waals surface area contributed by atoms with Gasteiger partial charge in [0.25, 0.3) is 0 Å². The van der Waals surface area contributed by atoms with Crippen molar-refractivity contribution in [1.29, 1.82) is 0 Å². The number of benzene rings is 1. The largest absolute Gasteiger partial charge is 0.381 e. The molecule has 0 aliphatic carbocycles. The summed E-state index contributed by atoms with van der Waals surface area (Å²) < 4.78 is 12.8. The summed E-state index contributed by atoms with van der Waals surface area (Å²) in [5, 5.41) is 13.0. The van der Waals surface area contributed by atoms with Crippen LogP contribution in [-0.2, 0) is 11.2 Å². The number of nitrogens with one attached hydrogen (secondary N) is 1. The number of aromatic nitrogens is 4. The SMILES string of the molecule is Cc1noc2cc(Nc3nc4cccc(CC5CCOCC5)n4n3)ccc12. The predicted octanol–water partition coefficient (Wildman–Crippen LogP) is 3.89. The van der Waals surface area contributed by atoms with E-state index in [4.69, 9.17) is 9.26 Å². The number of pyridine rings is 1. The van der Waals surface area contributed by atoms with E-state index in [2.05, 4.69) is 26.6 Å². The number of aryl methyl sites for hydroxylation is 1. The molecule has 0 saturated carbocycles. The fraction of sp³-hybridized carbons (Fsp3) is 0.350. The van der Waals surface area contributed by atoms with Crippen molar-refractivity contribution in [2.45, 2.75) is 26.2 Å². The van der Waals surface area contributed by atoms with E-state index in [1.54, 1.807) is 0 Å². The molecule has 0 amide bonds. The van der Waals surface area contributed by atoms with Crippen LogP contribution in [0.15, 0.2) is 40.9 Å². The summed E-state index contributed by atoms with van der Waals surface area (Å²) >= 11 is 0. The van der Waals surface area contributed by atoms with Gasteiger partial charge in [-0.2, -0.15) is 4.98 Å². The van der Waals surface area contributed by atoms with Crippen LogP contribution < -0.4 is 5.32 Å². The molecular weight excluding hydrogens is 342 g/mol. The molecule has 0 atom stereocenters. The zero-order valence-electron chi connectivity index (χ0n) is 15.2. The van der Waals surface area contributed by atoms with E-state index in [0.29, 0.717) is 11.9 Å². The first kappa shape index (κ1) is 16.3. The van der Waals surface area contributed by atoms with Crippen molar-refractivity contribution >= 4 is 28.3 Å². The Balaban J connectivity index is 1.42. The monoisotopic (exact) mass is 363 g/mol. The highest BCUT2D eigenvalue weighted by molar-refractivity contribution is 5.83. The molecule has 1 aliphatic heterocycles. The number of rotatable bonds is 4. The van der Waals surface area contributed by atoms with Crippen LogP contribution in [0.3, 0.4) is 0 Å². The van der Waals surface area contributed by atoms with Crippen LogP contribution in [0.5, 0.6) is 0 Å². The van der Waals surface area contributed by atoms with Gasteiger partial charge in [-0.1, -0.05) is 11.2 Å². The van der Waals surface area contributed by atoms with Crippen molar-refractivity contribution in [1.82, 2.24) is 19.8 Å². The van der Waals surface area contributed by atoms with Gasteiger partial charge in [0.05, 0.1) is 5.69 Å². The standard InChI is InChI=1S/C20H21N5O2/c1-13-17-6-5-15(12-18(17)27-24-13)21-20-22-19-4-2-3-16(25(19)23-20)11-14-7-9-26-10-8-14/h2-6,12,14H,7-11H2,1H3,(H,21,23). The summed E-state index contributed by atoms with van der Waals surface area (Å²) in [6.45, 7) is 3.64. The van der Waals surface area contributed by atoms with Gasteiger partial charge in [-0.25, -0.2) is 4.52 Å². The Morgan fingerprint density at radius 1 is 1.19 bits per heavy atom. The number of ether oxygens (including phenoxy) is 1. The minimum atomic E-state index is 0.574. The lowest BCUT2D eigenvalue weighted by Gasteiger charge is -2.21. The summed E-state index contributed by atoms with van der Waals surface area (Å²) in [6, 6.07) is 12.1. The normalized spacial score (nSPS) is 15.6. The van der Waals surface area contributed by atoms with Crippen molar-refractivity contribution in [3.8, 4) is 0 Å². The third kappa shape index (κ3) is 3.14. The Kier molecular flexibility index (Phi) is 4.01. The molecule has 1 saturated heterocycles. The molecule has 0 unspecified atom stereocenters. The third-order valence-electron chi connectivity index (χ3n) is 5.19. The van der Waals surface area contributed by atoms with Crippen LogP contribution in [0.2, 0.25) is 0 Å². The molecule has 0 radical (unpaired) electrons. The Morgan fingerprint density at radius 2 is 2.07 bits per heavy atom. The lowest BCUT2D eigenvalue weighted by Crippen LogP contribution is -2.18. The molecule has 5 rings (SSSR count). The van der Waals surface area contributed by atoms with E-state index in [-0.39, 0.29) is 0 Å². The van der Waals surface area contributed by atoms with E-state index in [1.807, 2.05) is 41.8 Å². The van der Waals surface area contributed by atoms with Crippen molar-refractivity contribution in [2.75, 3.05) is 18.5 Å². The minimum Gasteiger partial charge on any atom is -0.381 e. The van der Waals surface area contributed by atoms with E-state index in [0.717, 1.165) is 60.5 Å². The van der Waals surface area contributed by atoms with Crippen molar-refractivity contribution in [3.05, 3.63) is 47.8 Å². The third-order valence-corrected chi connectivity index (χ3v) is 5.19. The average molecular weight is 363 g/mol. The second-order valence-corrected chi connectivity index (χ2v) is 7.09. The molecule has 1 fully saturated rings. The summed E-state index contributed by atoms with van der Waals surface area (Å²) in [6.07, 6.45) is 3.20. The van der Waals surface area contributed by atoms with Gasteiger partial charge in [-0.3, -0.25) is 0 Å². The number of hydrogen-bond acceptors (Lipinski definition) is 6. The van der Waals surface area contributed by atoms with Crippen LogP contribution in [0.25, 0.3) is 16.6 Å². The number of anilines is 2. The first-order valence-electron chi connectivity index (χ1n) is 9.32. The Hall–Kier alpha value is -2.93. The summed E-state index contributed by atoms with van der Waals surface area (Å²) in [7, 11) is 0. The van der Waals surface area contributed by atoms with Gasteiger partial charge in [0.2, 0.25) is 5.95 Å². The van der Waals surface area contributed by atoms with Crippen molar-refractivity contribution in [2.24, 2.45) is 5.92 Å². The molecule has 0 spiro atoms. The highest BCUT2D eigenvalue weighted by Crippen LogP contribution is 2.24. The molecule has 7 nitrogen and oxygen atoms in total. The van der Waals surface area contributed by atoms with Gasteiger partial charge < -0.3 is 14.6 Å². The van der Waals surface area contributed by atoms with E-state index < -0.39 is 0 Å². The molecule has 138 valence electrons. The van der Waals surface area contributed by atoms with E-state index in [1.165, 1.54) is 5.69 Å². The van der Waals surface area contributed by atoms with Crippen LogP contribution >= 0.6 is 0 Å². The number of hydrogen-bond donors (Lipinski definition) is 1. The smallest absolute Gasteiger partial charge is 0.247 e. The van der Waals surface area contributed by atoms with Gasteiger partial charge in [0.1, 0.15) is 0 Å². The average Bonchev–Trinajstić information content (AvgIpc) is 3.26. The first-order chi connectivity index (χ1) is 13.3. The zero-order valence-corrected chi connectivity index (χ0v) is 15.2. The second-order valence-electron chi connectivity index (χ2n) is 7.09. The number of nitrogens with zero attached hydrogens (tertiary/aromatic N) is 4. The highest BCUT2D eigenvalue weighted by Gasteiger charge is 2.17. The summed E-state index contributed by atoms with van der Waals surface area (Å²) in [4.78, 5) is 4.62. The molecule has 7 heteroatoms. The molecule has 1 aromatic carbocycles. The Bertz CT molecular complexity index is 1090. The molecule has 1 aliphatic rings. The van der Waals surface area contributed by atoms with Gasteiger partial charge >= 0.3 is 0 Å². The first-order valence-corrected chi connectivity index (χ1v) is 9.32. The lowest BCUT2D eigenvalue weighted by molar-refractivity contribution is 0.0661. The summed E-state index contributed by atoms with van der Waals surface area (Å²) in [5.74, 6) is 1.21. The lowest BCUT2D eigenvalue weighted by atomic mass is 9.95. The Labute approximate surface area is 156 Å². The fourth-order valence-corrected chi connectivity index (χ4v) is 3.68. The zero-order chi connectivity index (χ0) is 18.2. The maximum Gasteiger partial charge on any atom is 0.247 e. The molecule has 27 heavy (non-hydrogen) atoms. The van der Waals surface area contributed by atoms with Crippen LogP contribution in [0.4, 0.5) is 11.6 Å². The quantitative estimate of drug-likeness (QED) is 0.593. The molecule has 0 bridgehead atoms. The van der Waals surface area contributed by atoms with Gasteiger partial charge in [-0.15, -0.1) is 5.10 Å². The van der Waals surface area contributed by atoms with Crippen LogP contribution in [0, 0.1) is 12.8 Å². The molecular formula is C20H21N5O2. The molecule has 1 N–H and O–H groups in total. The second kappa shape index (κ2) is 6.66. The number of fused-ring (bicyclic) bond motifs is 2. The van der Waals surface area contributed by atoms with E-state index in [9.17, 15) is 0 Å². The maximum absolute atomic E-state index is 5.47. The van der Waals surface area contributed by atoms with E-state index >= 15 is 0 Å². The highest BCUT2D eigenvalue weighted by atomic mass is 16.5. The maximum atomic E-state index is 5.47. The summed E-state index contributed by atoms with van der Waals surface area (Å²) in [5.41, 5.74) is 4.54. The molecule has 4 heterocycles. The predicted molar refractivity (Wildman–Crippen MR) is 102 cm³/mol. The van der Waals surface area contributed by atoms with Gasteiger partial charge in [0.15, 0.2) is 11.2 Å². The van der Waals surface area contributed by atoms with Crippen molar-refractivity contribution < 1.29 is 9.26 Å². The fourth-order valence-electron chi connectivity index (χ4n) is 3.68. The van der Waals surface area contributed by atoms with Crippen LogP contribution in [0.1, 0.15) is 24.2 Å². The van der Waals surface area contributed by atoms with Crippen molar-refractivity contribution in [3.63, 3.8) is 0 Å². The van der Waals surface area contributed by atoms with Gasteiger partial charge in [-0.05, 0) is 56.4 Å². The topological polar surface area (TPSA) is 77.5 Å². The van der Waals surface area contributed by atoms with Crippen LogP contribution in [-0.4, -0.2) is 33.0 Å². The molecule has 4 aromatic rings. The minimum absolute atomic E-state index is 0.574. The molecule has 3 aromatic heterocycles.